The monoisotopic (exact) mass is 578 g/mol. The van der Waals surface area contributed by atoms with Crippen LogP contribution in [-0.2, 0) is 17.9 Å². The van der Waals surface area contributed by atoms with Crippen molar-refractivity contribution in [1.29, 1.82) is 0 Å². The number of carbonyl (C=O) groups is 3. The Morgan fingerprint density at radius 1 is 1.05 bits per heavy atom. The Hall–Kier alpha value is -4.83. The molecule has 2 atom stereocenters. The van der Waals surface area contributed by atoms with E-state index < -0.39 is 24.0 Å². The van der Waals surface area contributed by atoms with Crippen molar-refractivity contribution in [3.63, 3.8) is 0 Å². The minimum atomic E-state index is -0.825. The molecular formula is C33H34N6O4. The molecular weight excluding hydrogens is 544 g/mol. The third kappa shape index (κ3) is 6.65. The van der Waals surface area contributed by atoms with Crippen molar-refractivity contribution >= 4 is 28.7 Å². The van der Waals surface area contributed by atoms with Gasteiger partial charge >= 0.3 is 6.03 Å². The average Bonchev–Trinajstić information content (AvgIpc) is 3.36. The van der Waals surface area contributed by atoms with E-state index in [1.54, 1.807) is 36.7 Å². The van der Waals surface area contributed by atoms with E-state index in [1.807, 2.05) is 49.4 Å². The SMILES string of the molecule is Cc1cc(COc2ccc(C(=O)NC(C3CCN(Cc4ccncc4)CC3)C3NC(=O)NC3=O)cc2)c2ccccc2n1. The third-order valence-corrected chi connectivity index (χ3v) is 8.20. The van der Waals surface area contributed by atoms with Crippen LogP contribution in [0.4, 0.5) is 4.79 Å². The normalized spacial score (nSPS) is 18.2. The van der Waals surface area contributed by atoms with Crippen molar-refractivity contribution in [2.75, 3.05) is 13.1 Å². The van der Waals surface area contributed by atoms with Crippen molar-refractivity contribution in [1.82, 2.24) is 30.8 Å². The molecule has 2 aliphatic heterocycles. The molecule has 0 aliphatic carbocycles. The maximum absolute atomic E-state index is 13.4. The van der Waals surface area contributed by atoms with Gasteiger partial charge in [0.05, 0.1) is 11.6 Å². The van der Waals surface area contributed by atoms with Gasteiger partial charge in [0.2, 0.25) is 0 Å². The molecule has 2 aromatic heterocycles. The van der Waals surface area contributed by atoms with Crippen LogP contribution in [-0.4, -0.2) is 57.9 Å². The molecule has 2 aromatic carbocycles. The van der Waals surface area contributed by atoms with Crippen LogP contribution >= 0.6 is 0 Å². The molecule has 0 saturated carbocycles. The Balaban J connectivity index is 1.10. The Kier molecular flexibility index (Phi) is 8.28. The van der Waals surface area contributed by atoms with Crippen LogP contribution in [0.3, 0.4) is 0 Å². The van der Waals surface area contributed by atoms with E-state index in [0.717, 1.165) is 54.6 Å². The van der Waals surface area contributed by atoms with Crippen molar-refractivity contribution in [2.24, 2.45) is 5.92 Å². The van der Waals surface area contributed by atoms with Gasteiger partial charge in [0, 0.05) is 41.1 Å². The molecule has 10 heteroatoms. The van der Waals surface area contributed by atoms with Crippen LogP contribution in [0.25, 0.3) is 10.9 Å². The Morgan fingerprint density at radius 2 is 1.79 bits per heavy atom. The number of urea groups is 1. The molecule has 6 rings (SSSR count). The molecule has 3 N–H and O–H groups in total. The fourth-order valence-electron chi connectivity index (χ4n) is 5.99. The number of carbonyl (C=O) groups excluding carboxylic acids is 3. The van der Waals surface area contributed by atoms with E-state index in [2.05, 4.69) is 30.8 Å². The van der Waals surface area contributed by atoms with Gasteiger partial charge in [-0.05, 0) is 92.9 Å². The van der Waals surface area contributed by atoms with E-state index >= 15 is 0 Å². The van der Waals surface area contributed by atoms with E-state index in [4.69, 9.17) is 4.74 Å². The van der Waals surface area contributed by atoms with Gasteiger partial charge in [0.25, 0.3) is 11.8 Å². The molecule has 2 saturated heterocycles. The smallest absolute Gasteiger partial charge is 0.322 e. The molecule has 0 spiro atoms. The summed E-state index contributed by atoms with van der Waals surface area (Å²) in [6.07, 6.45) is 5.14. The zero-order valence-electron chi connectivity index (χ0n) is 24.0. The Labute approximate surface area is 249 Å². The highest BCUT2D eigenvalue weighted by Gasteiger charge is 2.42. The third-order valence-electron chi connectivity index (χ3n) is 8.20. The van der Waals surface area contributed by atoms with Crippen LogP contribution < -0.4 is 20.7 Å². The molecule has 4 heterocycles. The first kappa shape index (κ1) is 28.3. The van der Waals surface area contributed by atoms with Crippen LogP contribution in [0.1, 0.15) is 40.0 Å². The molecule has 0 radical (unpaired) electrons. The highest BCUT2D eigenvalue weighted by molar-refractivity contribution is 6.05. The largest absolute Gasteiger partial charge is 0.489 e. The molecule has 220 valence electrons. The number of pyridine rings is 2. The molecule has 2 unspecified atom stereocenters. The summed E-state index contributed by atoms with van der Waals surface area (Å²) in [4.78, 5) is 49.0. The summed E-state index contributed by atoms with van der Waals surface area (Å²) < 4.78 is 6.06. The summed E-state index contributed by atoms with van der Waals surface area (Å²) in [5.74, 6) is -0.0682. The maximum atomic E-state index is 13.4. The van der Waals surface area contributed by atoms with Crippen LogP contribution in [0.5, 0.6) is 5.75 Å². The van der Waals surface area contributed by atoms with Gasteiger partial charge < -0.3 is 15.4 Å². The minimum Gasteiger partial charge on any atom is -0.489 e. The number of aryl methyl sites for hydroxylation is 1. The van der Waals surface area contributed by atoms with E-state index in [9.17, 15) is 14.4 Å². The van der Waals surface area contributed by atoms with Gasteiger partial charge in [0.1, 0.15) is 18.4 Å². The summed E-state index contributed by atoms with van der Waals surface area (Å²) in [5, 5.41) is 9.14. The first-order valence-corrected chi connectivity index (χ1v) is 14.5. The summed E-state index contributed by atoms with van der Waals surface area (Å²) in [7, 11) is 0. The Morgan fingerprint density at radius 3 is 2.51 bits per heavy atom. The van der Waals surface area contributed by atoms with Gasteiger partial charge in [-0.25, -0.2) is 4.79 Å². The average molecular weight is 579 g/mol. The summed E-state index contributed by atoms with van der Waals surface area (Å²) >= 11 is 0. The number of hydrogen-bond donors (Lipinski definition) is 3. The first-order valence-electron chi connectivity index (χ1n) is 14.5. The van der Waals surface area contributed by atoms with E-state index in [0.29, 0.717) is 17.9 Å². The minimum absolute atomic E-state index is 0.0213. The van der Waals surface area contributed by atoms with Crippen molar-refractivity contribution in [3.8, 4) is 5.75 Å². The van der Waals surface area contributed by atoms with Crippen molar-refractivity contribution in [2.45, 2.75) is 45.0 Å². The van der Waals surface area contributed by atoms with Gasteiger partial charge in [-0.15, -0.1) is 0 Å². The summed E-state index contributed by atoms with van der Waals surface area (Å²) in [6.45, 7) is 4.79. The molecule has 2 aliphatic rings. The Bertz CT molecular complexity index is 1620. The molecule has 0 bridgehead atoms. The van der Waals surface area contributed by atoms with Crippen molar-refractivity contribution in [3.05, 3.63) is 102 Å². The molecule has 2 fully saturated rings. The zero-order chi connectivity index (χ0) is 29.8. The molecule has 43 heavy (non-hydrogen) atoms. The lowest BCUT2D eigenvalue weighted by Crippen LogP contribution is -2.56. The van der Waals surface area contributed by atoms with E-state index in [1.165, 1.54) is 5.56 Å². The number of benzene rings is 2. The predicted octanol–water partition coefficient (Wildman–Crippen LogP) is 3.74. The number of ether oxygens (including phenoxy) is 1. The van der Waals surface area contributed by atoms with Gasteiger partial charge in [0.15, 0.2) is 0 Å². The van der Waals surface area contributed by atoms with Crippen molar-refractivity contribution < 1.29 is 19.1 Å². The molecule has 4 aromatic rings. The van der Waals surface area contributed by atoms with E-state index in [-0.39, 0.29) is 11.8 Å². The number of hydrogen-bond acceptors (Lipinski definition) is 7. The number of amides is 4. The van der Waals surface area contributed by atoms with Crippen LogP contribution in [0.2, 0.25) is 0 Å². The zero-order valence-corrected chi connectivity index (χ0v) is 24.0. The van der Waals surface area contributed by atoms with Gasteiger partial charge in [-0.3, -0.25) is 29.8 Å². The number of rotatable bonds is 9. The van der Waals surface area contributed by atoms with Crippen LogP contribution in [0, 0.1) is 12.8 Å². The second-order valence-corrected chi connectivity index (χ2v) is 11.2. The topological polar surface area (TPSA) is 126 Å². The molecule has 4 amide bonds. The standard InChI is InChI=1S/C33H34N6O4/c1-21-18-25(27-4-2-3-5-28(27)35-21)20-43-26-8-6-24(7-9-26)31(40)36-29(30-32(41)38-33(42)37-30)23-12-16-39(17-13-23)19-22-10-14-34-15-11-22/h2-11,14-15,18,23,29-30H,12-13,16-17,19-20H2,1H3,(H,36,40)(H2,37,38,41,42). The maximum Gasteiger partial charge on any atom is 0.322 e. The summed E-state index contributed by atoms with van der Waals surface area (Å²) in [5.41, 5.74) is 4.52. The lowest BCUT2D eigenvalue weighted by atomic mass is 9.84. The fraction of sp³-hybridized carbons (Fsp3) is 0.303. The fourth-order valence-corrected chi connectivity index (χ4v) is 5.99. The number of likely N-dealkylation sites (tertiary alicyclic amines) is 1. The lowest BCUT2D eigenvalue weighted by molar-refractivity contribution is -0.121. The number of fused-ring (bicyclic) bond motifs is 1. The predicted molar refractivity (Wildman–Crippen MR) is 161 cm³/mol. The number of piperidine rings is 1. The second-order valence-electron chi connectivity index (χ2n) is 11.2. The highest BCUT2D eigenvalue weighted by Crippen LogP contribution is 2.26. The number of imide groups is 1. The number of nitrogens with zero attached hydrogens (tertiary/aromatic N) is 3. The quantitative estimate of drug-likeness (QED) is 0.259. The number of para-hydroxylation sites is 1. The number of aromatic nitrogens is 2. The summed E-state index contributed by atoms with van der Waals surface area (Å²) in [6, 6.07) is 19.0. The second kappa shape index (κ2) is 12.6. The van der Waals surface area contributed by atoms with Crippen LogP contribution in [0.15, 0.2) is 79.1 Å². The highest BCUT2D eigenvalue weighted by atomic mass is 16.5. The number of nitrogens with one attached hydrogen (secondary N) is 3. The van der Waals surface area contributed by atoms with Gasteiger partial charge in [-0.1, -0.05) is 18.2 Å². The van der Waals surface area contributed by atoms with Gasteiger partial charge in [-0.2, -0.15) is 0 Å². The first-order chi connectivity index (χ1) is 20.9. The molecule has 10 nitrogen and oxygen atoms in total. The lowest BCUT2D eigenvalue weighted by Gasteiger charge is -2.38.